The van der Waals surface area contributed by atoms with Crippen molar-refractivity contribution in [2.45, 2.75) is 40.2 Å². The smallest absolute Gasteiger partial charge is 0.308 e. The zero-order valence-electron chi connectivity index (χ0n) is 20.9. The fraction of sp³-hybridized carbons (Fsp3) is 0.400. The number of carbonyl (C=O) groups excluding carboxylic acids is 3. The Kier molecular flexibility index (Phi) is 7.42. The molecule has 0 spiro atoms. The number of fused-ring (bicyclic) bond motifs is 1. The second kappa shape index (κ2) is 10.1. The minimum atomic E-state index is -0.802. The number of hydrazine groups is 1. The van der Waals surface area contributed by atoms with E-state index in [4.69, 9.17) is 23.7 Å². The number of hydrogen-bond donors (Lipinski definition) is 1. The van der Waals surface area contributed by atoms with Gasteiger partial charge in [-0.15, -0.1) is 0 Å². The highest BCUT2D eigenvalue weighted by Crippen LogP contribution is 2.39. The van der Waals surface area contributed by atoms with Crippen LogP contribution in [0.3, 0.4) is 0 Å². The van der Waals surface area contributed by atoms with Gasteiger partial charge in [0, 0.05) is 23.6 Å². The van der Waals surface area contributed by atoms with Gasteiger partial charge < -0.3 is 23.7 Å². The summed E-state index contributed by atoms with van der Waals surface area (Å²) in [4.78, 5) is 38.4. The third kappa shape index (κ3) is 5.42. The van der Waals surface area contributed by atoms with Gasteiger partial charge in [-0.2, -0.15) is 0 Å². The number of carbonyl (C=O) groups is 3. The molecule has 0 aromatic heterocycles. The van der Waals surface area contributed by atoms with Crippen molar-refractivity contribution >= 4 is 17.8 Å². The van der Waals surface area contributed by atoms with E-state index in [1.54, 1.807) is 39.8 Å². The van der Waals surface area contributed by atoms with E-state index in [0.29, 0.717) is 35.8 Å². The third-order valence-corrected chi connectivity index (χ3v) is 5.24. The number of nitrogens with one attached hydrogen (secondary N) is 1. The van der Waals surface area contributed by atoms with Crippen LogP contribution in [-0.4, -0.2) is 55.8 Å². The Bertz CT molecular complexity index is 1130. The summed E-state index contributed by atoms with van der Waals surface area (Å²) in [7, 11) is 2.76. The summed E-state index contributed by atoms with van der Waals surface area (Å²) in [5.41, 5.74) is 3.03. The van der Waals surface area contributed by atoms with E-state index in [-0.39, 0.29) is 22.8 Å². The Morgan fingerprint density at radius 1 is 1.00 bits per heavy atom. The molecule has 0 atom stereocenters. The maximum atomic E-state index is 13.6. The zero-order valence-corrected chi connectivity index (χ0v) is 20.9. The average molecular weight is 487 g/mol. The third-order valence-electron chi connectivity index (χ3n) is 5.24. The van der Waals surface area contributed by atoms with Crippen LogP contribution in [0.5, 0.6) is 28.7 Å². The standard InChI is InChI=1S/C25H30N2O8/c1-14-17(8-9-18-21(14)34-11-10-33-18)23(29)26-27(25(3,4)5)24(30)16-12-19(31-6)22(35-15(2)28)20(13-16)32-7/h8-9,12-13H,10-11H2,1-7H3,(H,26,29). The van der Waals surface area contributed by atoms with Gasteiger partial charge in [-0.3, -0.25) is 19.8 Å². The summed E-state index contributed by atoms with van der Waals surface area (Å²) >= 11 is 0. The van der Waals surface area contributed by atoms with Gasteiger partial charge in [-0.05, 0) is 52.0 Å². The highest BCUT2D eigenvalue weighted by Gasteiger charge is 2.32. The molecule has 35 heavy (non-hydrogen) atoms. The van der Waals surface area contributed by atoms with Crippen molar-refractivity contribution in [2.75, 3.05) is 27.4 Å². The molecule has 0 saturated heterocycles. The molecule has 3 rings (SSSR count). The number of rotatable bonds is 5. The quantitative estimate of drug-likeness (QED) is 0.389. The van der Waals surface area contributed by atoms with Crippen LogP contribution in [0, 0.1) is 6.92 Å². The second-order valence-corrected chi connectivity index (χ2v) is 8.82. The summed E-state index contributed by atoms with van der Waals surface area (Å²) in [6.45, 7) is 9.17. The Morgan fingerprint density at radius 2 is 1.60 bits per heavy atom. The van der Waals surface area contributed by atoms with Crippen LogP contribution in [0.4, 0.5) is 0 Å². The van der Waals surface area contributed by atoms with E-state index in [0.717, 1.165) is 0 Å². The van der Waals surface area contributed by atoms with E-state index in [2.05, 4.69) is 5.43 Å². The Labute approximate surface area is 204 Å². The first kappa shape index (κ1) is 25.7. The lowest BCUT2D eigenvalue weighted by molar-refractivity contribution is -0.132. The van der Waals surface area contributed by atoms with Crippen molar-refractivity contribution in [1.29, 1.82) is 0 Å². The van der Waals surface area contributed by atoms with Gasteiger partial charge >= 0.3 is 5.97 Å². The first-order valence-electron chi connectivity index (χ1n) is 11.0. The topological polar surface area (TPSA) is 113 Å². The monoisotopic (exact) mass is 486 g/mol. The van der Waals surface area contributed by atoms with Gasteiger partial charge in [0.05, 0.1) is 19.8 Å². The molecule has 188 valence electrons. The van der Waals surface area contributed by atoms with Crippen molar-refractivity contribution in [3.05, 3.63) is 41.0 Å². The molecule has 2 amide bonds. The molecule has 1 aliphatic rings. The van der Waals surface area contributed by atoms with E-state index in [9.17, 15) is 14.4 Å². The molecule has 0 bridgehead atoms. The van der Waals surface area contributed by atoms with E-state index >= 15 is 0 Å². The summed E-state index contributed by atoms with van der Waals surface area (Å²) in [6.07, 6.45) is 0. The lowest BCUT2D eigenvalue weighted by Crippen LogP contribution is -2.56. The summed E-state index contributed by atoms with van der Waals surface area (Å²) < 4.78 is 27.1. The predicted molar refractivity (Wildman–Crippen MR) is 126 cm³/mol. The number of esters is 1. The number of methoxy groups -OCH3 is 2. The molecule has 0 fully saturated rings. The SMILES string of the molecule is COc1cc(C(=O)N(NC(=O)c2ccc3c(c2C)OCCO3)C(C)(C)C)cc(OC)c1OC(C)=O. The van der Waals surface area contributed by atoms with Gasteiger partial charge in [-0.25, -0.2) is 5.01 Å². The first-order valence-corrected chi connectivity index (χ1v) is 11.0. The van der Waals surface area contributed by atoms with Gasteiger partial charge in [0.15, 0.2) is 23.0 Å². The molecule has 0 saturated carbocycles. The molecular formula is C25H30N2O8. The van der Waals surface area contributed by atoms with Crippen LogP contribution in [0.2, 0.25) is 0 Å². The molecule has 2 aromatic rings. The van der Waals surface area contributed by atoms with Crippen molar-refractivity contribution in [2.24, 2.45) is 0 Å². The minimum absolute atomic E-state index is 0.0531. The zero-order chi connectivity index (χ0) is 25.9. The van der Waals surface area contributed by atoms with Crippen LogP contribution in [0.25, 0.3) is 0 Å². The molecule has 10 nitrogen and oxygen atoms in total. The van der Waals surface area contributed by atoms with Gasteiger partial charge in [-0.1, -0.05) is 0 Å². The summed E-state index contributed by atoms with van der Waals surface area (Å²) in [5, 5.41) is 1.23. The average Bonchev–Trinajstić information content (AvgIpc) is 2.81. The van der Waals surface area contributed by atoms with Gasteiger partial charge in [0.1, 0.15) is 13.2 Å². The van der Waals surface area contributed by atoms with E-state index < -0.39 is 23.3 Å². The van der Waals surface area contributed by atoms with Crippen LogP contribution >= 0.6 is 0 Å². The van der Waals surface area contributed by atoms with Crippen molar-refractivity contribution < 1.29 is 38.1 Å². The van der Waals surface area contributed by atoms with Crippen LogP contribution < -0.4 is 29.1 Å². The lowest BCUT2D eigenvalue weighted by Gasteiger charge is -2.36. The normalized spacial score (nSPS) is 12.4. The molecule has 0 unspecified atom stereocenters. The second-order valence-electron chi connectivity index (χ2n) is 8.82. The Hall–Kier alpha value is -3.95. The van der Waals surface area contributed by atoms with E-state index in [1.807, 2.05) is 0 Å². The van der Waals surface area contributed by atoms with Crippen LogP contribution in [0.15, 0.2) is 24.3 Å². The van der Waals surface area contributed by atoms with Gasteiger partial charge in [0.25, 0.3) is 11.8 Å². The Balaban J connectivity index is 1.97. The van der Waals surface area contributed by atoms with Gasteiger partial charge in [0.2, 0.25) is 5.75 Å². The highest BCUT2D eigenvalue weighted by atomic mass is 16.6. The molecule has 10 heteroatoms. The fourth-order valence-corrected chi connectivity index (χ4v) is 3.56. The number of hydrogen-bond acceptors (Lipinski definition) is 8. The summed E-state index contributed by atoms with van der Waals surface area (Å²) in [5.74, 6) is -0.188. The summed E-state index contributed by atoms with van der Waals surface area (Å²) in [6, 6.07) is 6.14. The molecule has 1 N–H and O–H groups in total. The molecular weight excluding hydrogens is 456 g/mol. The van der Waals surface area contributed by atoms with Crippen molar-refractivity contribution in [3.8, 4) is 28.7 Å². The molecule has 1 aliphatic heterocycles. The lowest BCUT2D eigenvalue weighted by atomic mass is 10.0. The fourth-order valence-electron chi connectivity index (χ4n) is 3.56. The van der Waals surface area contributed by atoms with Crippen molar-refractivity contribution in [3.63, 3.8) is 0 Å². The molecule has 0 radical (unpaired) electrons. The first-order chi connectivity index (χ1) is 16.5. The largest absolute Gasteiger partial charge is 0.493 e. The number of benzene rings is 2. The minimum Gasteiger partial charge on any atom is -0.493 e. The van der Waals surface area contributed by atoms with Crippen LogP contribution in [0.1, 0.15) is 54.0 Å². The highest BCUT2D eigenvalue weighted by molar-refractivity contribution is 6.01. The molecule has 2 aromatic carbocycles. The van der Waals surface area contributed by atoms with E-state index in [1.165, 1.54) is 38.3 Å². The molecule has 0 aliphatic carbocycles. The Morgan fingerprint density at radius 3 is 2.14 bits per heavy atom. The van der Waals surface area contributed by atoms with Crippen LogP contribution in [-0.2, 0) is 4.79 Å². The maximum Gasteiger partial charge on any atom is 0.308 e. The number of ether oxygens (including phenoxy) is 5. The van der Waals surface area contributed by atoms with Crippen molar-refractivity contribution in [1.82, 2.24) is 10.4 Å². The number of amides is 2. The number of nitrogens with zero attached hydrogens (tertiary/aromatic N) is 1. The predicted octanol–water partition coefficient (Wildman–Crippen LogP) is 3.29. The maximum absolute atomic E-state index is 13.6. The molecule has 1 heterocycles.